The second-order valence-electron chi connectivity index (χ2n) is 5.80. The van der Waals surface area contributed by atoms with Crippen LogP contribution in [-0.2, 0) is 6.42 Å². The molecule has 1 aromatic carbocycles. The number of aromatic nitrogens is 2. The van der Waals surface area contributed by atoms with E-state index in [0.29, 0.717) is 0 Å². The number of benzene rings is 1. The van der Waals surface area contributed by atoms with Crippen LogP contribution in [0.4, 0.5) is 5.82 Å². The monoisotopic (exact) mass is 283 g/mol. The van der Waals surface area contributed by atoms with E-state index in [-0.39, 0.29) is 0 Å². The molecule has 2 aromatic rings. The van der Waals surface area contributed by atoms with Gasteiger partial charge in [-0.25, -0.2) is 9.97 Å². The number of nitrogens with one attached hydrogen (secondary N) is 1. The summed E-state index contributed by atoms with van der Waals surface area (Å²) in [5, 5.41) is 3.40. The minimum absolute atomic E-state index is 0.782. The van der Waals surface area contributed by atoms with Crippen molar-refractivity contribution < 1.29 is 0 Å². The fourth-order valence-electron chi connectivity index (χ4n) is 2.53. The van der Waals surface area contributed by atoms with Crippen molar-refractivity contribution in [2.75, 3.05) is 11.9 Å². The van der Waals surface area contributed by atoms with E-state index in [1.165, 1.54) is 16.7 Å². The van der Waals surface area contributed by atoms with E-state index >= 15 is 0 Å². The van der Waals surface area contributed by atoms with Crippen molar-refractivity contribution in [2.45, 2.75) is 47.5 Å². The molecule has 2 rings (SSSR count). The average molecular weight is 283 g/mol. The van der Waals surface area contributed by atoms with Crippen molar-refractivity contribution in [3.8, 4) is 0 Å². The van der Waals surface area contributed by atoms with Gasteiger partial charge in [-0.2, -0.15) is 0 Å². The first-order valence-electron chi connectivity index (χ1n) is 7.64. The minimum Gasteiger partial charge on any atom is -0.370 e. The molecule has 0 bridgehead atoms. The molecule has 0 radical (unpaired) electrons. The normalized spacial score (nSPS) is 10.7. The molecule has 1 N–H and O–H groups in total. The Morgan fingerprint density at radius 3 is 2.24 bits per heavy atom. The largest absolute Gasteiger partial charge is 0.370 e. The first kappa shape index (κ1) is 15.5. The van der Waals surface area contributed by atoms with Crippen molar-refractivity contribution in [1.82, 2.24) is 9.97 Å². The zero-order chi connectivity index (χ0) is 15.4. The Kier molecular flexibility index (Phi) is 4.94. The van der Waals surface area contributed by atoms with Gasteiger partial charge in [-0.1, -0.05) is 36.2 Å². The van der Waals surface area contributed by atoms with Crippen molar-refractivity contribution in [3.63, 3.8) is 0 Å². The molecule has 0 spiro atoms. The molecule has 0 atom stereocenters. The lowest BCUT2D eigenvalue weighted by molar-refractivity contribution is 0.903. The fraction of sp³-hybridized carbons (Fsp3) is 0.444. The lowest BCUT2D eigenvalue weighted by atomic mass is 10.0. The van der Waals surface area contributed by atoms with Crippen LogP contribution >= 0.6 is 0 Å². The molecule has 0 saturated carbocycles. The smallest absolute Gasteiger partial charge is 0.135 e. The Morgan fingerprint density at radius 1 is 0.952 bits per heavy atom. The number of hydrogen-bond acceptors (Lipinski definition) is 3. The molecule has 0 aliphatic rings. The van der Waals surface area contributed by atoms with Crippen LogP contribution in [-0.4, -0.2) is 16.5 Å². The standard InChI is InChI=1S/C18H25N3/c1-6-7-19-18-14(4)15(5)20-17(21-18)11-16-9-12(2)8-13(3)10-16/h8-10H,6-7,11H2,1-5H3,(H,19,20,21). The van der Waals surface area contributed by atoms with Gasteiger partial charge in [0.25, 0.3) is 0 Å². The zero-order valence-corrected chi connectivity index (χ0v) is 13.7. The van der Waals surface area contributed by atoms with Crippen LogP contribution in [0, 0.1) is 27.7 Å². The molecule has 0 amide bonds. The fourth-order valence-corrected chi connectivity index (χ4v) is 2.53. The van der Waals surface area contributed by atoms with Gasteiger partial charge >= 0.3 is 0 Å². The van der Waals surface area contributed by atoms with Crippen LogP contribution in [0.5, 0.6) is 0 Å². The zero-order valence-electron chi connectivity index (χ0n) is 13.7. The van der Waals surface area contributed by atoms with Crippen LogP contribution in [0.2, 0.25) is 0 Å². The van der Waals surface area contributed by atoms with Gasteiger partial charge in [0, 0.05) is 24.2 Å². The van der Waals surface area contributed by atoms with Gasteiger partial charge in [0.05, 0.1) is 0 Å². The summed E-state index contributed by atoms with van der Waals surface area (Å²) >= 11 is 0. The third-order valence-corrected chi connectivity index (χ3v) is 3.62. The Hall–Kier alpha value is -1.90. The number of nitrogens with zero attached hydrogens (tertiary/aromatic N) is 2. The summed E-state index contributed by atoms with van der Waals surface area (Å²) in [6.45, 7) is 11.5. The summed E-state index contributed by atoms with van der Waals surface area (Å²) in [6, 6.07) is 6.62. The maximum atomic E-state index is 4.70. The van der Waals surface area contributed by atoms with Crippen LogP contribution in [0.1, 0.15) is 47.1 Å². The van der Waals surface area contributed by atoms with Crippen LogP contribution < -0.4 is 5.32 Å². The summed E-state index contributed by atoms with van der Waals surface area (Å²) < 4.78 is 0. The first-order chi connectivity index (χ1) is 9.99. The molecule has 1 heterocycles. The highest BCUT2D eigenvalue weighted by atomic mass is 15.0. The van der Waals surface area contributed by atoms with Gasteiger partial charge in [-0.05, 0) is 39.7 Å². The maximum Gasteiger partial charge on any atom is 0.135 e. The summed E-state index contributed by atoms with van der Waals surface area (Å²) in [6.07, 6.45) is 1.87. The molecule has 3 heteroatoms. The lowest BCUT2D eigenvalue weighted by Gasteiger charge is -2.12. The summed E-state index contributed by atoms with van der Waals surface area (Å²) in [5.41, 5.74) is 6.06. The Morgan fingerprint density at radius 2 is 1.62 bits per heavy atom. The van der Waals surface area contributed by atoms with E-state index < -0.39 is 0 Å². The van der Waals surface area contributed by atoms with E-state index in [1.54, 1.807) is 0 Å². The van der Waals surface area contributed by atoms with Gasteiger partial charge in [-0.3, -0.25) is 0 Å². The van der Waals surface area contributed by atoms with Crippen molar-refractivity contribution in [3.05, 3.63) is 52.0 Å². The Bertz CT molecular complexity index is 612. The summed E-state index contributed by atoms with van der Waals surface area (Å²) in [5.74, 6) is 1.87. The molecular weight excluding hydrogens is 258 g/mol. The minimum atomic E-state index is 0.782. The molecule has 0 unspecified atom stereocenters. The first-order valence-corrected chi connectivity index (χ1v) is 7.64. The topological polar surface area (TPSA) is 37.8 Å². The number of rotatable bonds is 5. The van der Waals surface area contributed by atoms with Gasteiger partial charge in [0.2, 0.25) is 0 Å². The van der Waals surface area contributed by atoms with E-state index in [1.807, 2.05) is 0 Å². The van der Waals surface area contributed by atoms with Crippen molar-refractivity contribution in [2.24, 2.45) is 0 Å². The van der Waals surface area contributed by atoms with Crippen LogP contribution in [0.15, 0.2) is 18.2 Å². The molecule has 1 aromatic heterocycles. The van der Waals surface area contributed by atoms with Gasteiger partial charge in [0.15, 0.2) is 0 Å². The van der Waals surface area contributed by atoms with Gasteiger partial charge in [0.1, 0.15) is 11.6 Å². The van der Waals surface area contributed by atoms with Crippen LogP contribution in [0.25, 0.3) is 0 Å². The second-order valence-corrected chi connectivity index (χ2v) is 5.80. The molecule has 0 aliphatic carbocycles. The van der Waals surface area contributed by atoms with Gasteiger partial charge < -0.3 is 5.32 Å². The van der Waals surface area contributed by atoms with Crippen molar-refractivity contribution in [1.29, 1.82) is 0 Å². The molecular formula is C18H25N3. The molecule has 21 heavy (non-hydrogen) atoms. The van der Waals surface area contributed by atoms with E-state index in [4.69, 9.17) is 4.98 Å². The number of anilines is 1. The van der Waals surface area contributed by atoms with Crippen molar-refractivity contribution >= 4 is 5.82 Å². The lowest BCUT2D eigenvalue weighted by Crippen LogP contribution is -2.09. The summed E-state index contributed by atoms with van der Waals surface area (Å²) in [4.78, 5) is 9.35. The van der Waals surface area contributed by atoms with E-state index in [0.717, 1.165) is 42.3 Å². The molecule has 0 aliphatic heterocycles. The van der Waals surface area contributed by atoms with Gasteiger partial charge in [-0.15, -0.1) is 0 Å². The Balaban J connectivity index is 2.29. The third-order valence-electron chi connectivity index (χ3n) is 3.62. The highest BCUT2D eigenvalue weighted by Gasteiger charge is 2.08. The number of hydrogen-bond donors (Lipinski definition) is 1. The molecule has 3 nitrogen and oxygen atoms in total. The highest BCUT2D eigenvalue weighted by molar-refractivity contribution is 5.46. The summed E-state index contributed by atoms with van der Waals surface area (Å²) in [7, 11) is 0. The second kappa shape index (κ2) is 6.70. The maximum absolute atomic E-state index is 4.70. The molecule has 0 saturated heterocycles. The van der Waals surface area contributed by atoms with E-state index in [2.05, 4.69) is 63.1 Å². The predicted molar refractivity (Wildman–Crippen MR) is 89.0 cm³/mol. The third kappa shape index (κ3) is 4.03. The predicted octanol–water partition coefficient (Wildman–Crippen LogP) is 4.12. The van der Waals surface area contributed by atoms with E-state index in [9.17, 15) is 0 Å². The SMILES string of the molecule is CCCNc1nc(Cc2cc(C)cc(C)c2)nc(C)c1C. The van der Waals surface area contributed by atoms with Crippen LogP contribution in [0.3, 0.4) is 0 Å². The molecule has 112 valence electrons. The highest BCUT2D eigenvalue weighted by Crippen LogP contribution is 2.18. The number of aryl methyl sites for hydroxylation is 3. The Labute approximate surface area is 127 Å². The molecule has 0 fully saturated rings. The average Bonchev–Trinajstić information content (AvgIpc) is 2.40. The quantitative estimate of drug-likeness (QED) is 0.897.